The number of nitrogens with two attached hydrogens (primary N) is 1. The van der Waals surface area contributed by atoms with Gasteiger partial charge in [0.2, 0.25) is 0 Å². The van der Waals surface area contributed by atoms with Gasteiger partial charge in [-0.15, -0.1) is 0 Å². The zero-order valence-electron chi connectivity index (χ0n) is 23.1. The Hall–Kier alpha value is -4.01. The fraction of sp³-hybridized carbons (Fsp3) is 0.414. The summed E-state index contributed by atoms with van der Waals surface area (Å²) < 4.78 is 15.0. The van der Waals surface area contributed by atoms with Crippen molar-refractivity contribution in [2.45, 2.75) is 54.1 Å². The molecule has 9 heteroatoms. The number of amides is 2. The predicted octanol–water partition coefficient (Wildman–Crippen LogP) is 3.74. The van der Waals surface area contributed by atoms with E-state index in [9.17, 15) is 9.59 Å². The fourth-order valence-electron chi connectivity index (χ4n) is 4.93. The van der Waals surface area contributed by atoms with Crippen molar-refractivity contribution >= 4 is 11.7 Å². The molecule has 1 aromatic heterocycles. The number of nitrogens with zero attached hydrogens (tertiary/aromatic N) is 3. The topological polar surface area (TPSA) is 113 Å². The van der Waals surface area contributed by atoms with Gasteiger partial charge in [-0.1, -0.05) is 31.5 Å². The molecule has 38 heavy (non-hydrogen) atoms. The summed E-state index contributed by atoms with van der Waals surface area (Å²) in [4.78, 5) is 30.1. The maximum Gasteiger partial charge on any atom is 0.330 e. The lowest BCUT2D eigenvalue weighted by Gasteiger charge is -2.25. The average molecular weight is 520 g/mol. The lowest BCUT2D eigenvalue weighted by Crippen LogP contribution is -2.44. The van der Waals surface area contributed by atoms with Crippen LogP contribution in [0, 0.1) is 26.7 Å². The van der Waals surface area contributed by atoms with Crippen molar-refractivity contribution in [3.05, 3.63) is 68.6 Å². The van der Waals surface area contributed by atoms with E-state index in [0.29, 0.717) is 42.5 Å². The molecule has 0 unspecified atom stereocenters. The van der Waals surface area contributed by atoms with E-state index in [0.717, 1.165) is 39.2 Å². The van der Waals surface area contributed by atoms with Crippen LogP contribution in [-0.4, -0.2) is 35.4 Å². The van der Waals surface area contributed by atoms with E-state index in [-0.39, 0.29) is 18.8 Å². The minimum Gasteiger partial charge on any atom is -0.493 e. The maximum atomic E-state index is 13.8. The number of urea groups is 1. The Morgan fingerprint density at radius 1 is 1.11 bits per heavy atom. The Bertz CT molecular complexity index is 1480. The third-order valence-corrected chi connectivity index (χ3v) is 6.63. The van der Waals surface area contributed by atoms with E-state index in [1.54, 1.807) is 16.2 Å². The summed E-state index contributed by atoms with van der Waals surface area (Å²) in [5, 5.41) is 2.58. The summed E-state index contributed by atoms with van der Waals surface area (Å²) in [6.07, 6.45) is 0.677. The van der Waals surface area contributed by atoms with Crippen molar-refractivity contribution in [3.63, 3.8) is 0 Å². The summed E-state index contributed by atoms with van der Waals surface area (Å²) >= 11 is 0. The van der Waals surface area contributed by atoms with Gasteiger partial charge in [-0.05, 0) is 61.9 Å². The molecule has 2 heterocycles. The zero-order valence-corrected chi connectivity index (χ0v) is 23.1. The molecule has 0 saturated heterocycles. The number of methoxy groups -OCH3 is 1. The lowest BCUT2D eigenvalue weighted by molar-refractivity contribution is 0.248. The second-order valence-electron chi connectivity index (χ2n) is 10.2. The third-order valence-electron chi connectivity index (χ3n) is 6.63. The number of fused-ring (bicyclic) bond motifs is 3. The molecule has 1 aliphatic heterocycles. The van der Waals surface area contributed by atoms with Gasteiger partial charge in [0.1, 0.15) is 5.49 Å². The number of nitrogens with one attached hydrogen (secondary N) is 1. The standard InChI is InChI=1S/C29H37N5O4/c1-17(2)16-38-25-13-21-7-9-33-23(22(21)14-24(25)37-6)15-26(34(29(33)36)10-8-31-28(30)35)32-27-19(4)11-18(3)12-20(27)5/h11-15,17H,7-10,16H2,1-6H3,(H3,30,31,35)/b32-26+. The summed E-state index contributed by atoms with van der Waals surface area (Å²) in [7, 11) is 1.62. The number of benzene rings is 2. The molecule has 3 aromatic rings. The Morgan fingerprint density at radius 3 is 2.45 bits per heavy atom. The van der Waals surface area contributed by atoms with Gasteiger partial charge >= 0.3 is 11.7 Å². The number of rotatable bonds is 8. The van der Waals surface area contributed by atoms with Crippen LogP contribution in [-0.2, 0) is 19.5 Å². The minimum absolute atomic E-state index is 0.195. The van der Waals surface area contributed by atoms with Crippen LogP contribution in [0.4, 0.5) is 10.5 Å². The summed E-state index contributed by atoms with van der Waals surface area (Å²) in [6.45, 7) is 11.8. The molecule has 2 amide bonds. The van der Waals surface area contributed by atoms with Crippen molar-refractivity contribution in [1.29, 1.82) is 0 Å². The van der Waals surface area contributed by atoms with Gasteiger partial charge in [-0.25, -0.2) is 14.6 Å². The quantitative estimate of drug-likeness (QED) is 0.472. The average Bonchev–Trinajstić information content (AvgIpc) is 2.85. The smallest absolute Gasteiger partial charge is 0.330 e. The second kappa shape index (κ2) is 11.2. The number of primary amides is 1. The Morgan fingerprint density at radius 2 is 1.82 bits per heavy atom. The largest absolute Gasteiger partial charge is 0.493 e. The van der Waals surface area contributed by atoms with E-state index in [1.165, 1.54) is 0 Å². The van der Waals surface area contributed by atoms with Gasteiger partial charge in [-0.2, -0.15) is 0 Å². The highest BCUT2D eigenvalue weighted by molar-refractivity contribution is 5.71. The van der Waals surface area contributed by atoms with Crippen molar-refractivity contribution < 1.29 is 14.3 Å². The molecule has 0 fully saturated rings. The number of carbonyl (C=O) groups is 1. The highest BCUT2D eigenvalue weighted by Crippen LogP contribution is 2.38. The van der Waals surface area contributed by atoms with Crippen LogP contribution in [0.25, 0.3) is 11.3 Å². The van der Waals surface area contributed by atoms with E-state index >= 15 is 0 Å². The first-order chi connectivity index (χ1) is 18.1. The fourth-order valence-corrected chi connectivity index (χ4v) is 4.93. The molecule has 0 bridgehead atoms. The number of hydrogen-bond acceptors (Lipinski definition) is 5. The van der Waals surface area contributed by atoms with Crippen LogP contribution in [0.5, 0.6) is 11.5 Å². The van der Waals surface area contributed by atoms with Gasteiger partial charge in [0.05, 0.1) is 25.1 Å². The zero-order chi connectivity index (χ0) is 27.6. The van der Waals surface area contributed by atoms with E-state index in [4.69, 9.17) is 20.2 Å². The molecule has 0 radical (unpaired) electrons. The van der Waals surface area contributed by atoms with E-state index in [1.807, 2.05) is 39.0 Å². The summed E-state index contributed by atoms with van der Waals surface area (Å²) in [5.74, 6) is 1.71. The molecule has 3 N–H and O–H groups in total. The van der Waals surface area contributed by atoms with Crippen LogP contribution in [0.1, 0.15) is 36.1 Å². The van der Waals surface area contributed by atoms with Crippen molar-refractivity contribution in [2.75, 3.05) is 20.3 Å². The third kappa shape index (κ3) is 5.61. The molecule has 2 aromatic carbocycles. The minimum atomic E-state index is -0.635. The van der Waals surface area contributed by atoms with Crippen LogP contribution < -0.4 is 31.7 Å². The molecule has 4 rings (SSSR count). The second-order valence-corrected chi connectivity index (χ2v) is 10.2. The Labute approximate surface area is 222 Å². The lowest BCUT2D eigenvalue weighted by atomic mass is 9.97. The molecule has 0 aliphatic carbocycles. The van der Waals surface area contributed by atoms with Gasteiger partial charge in [0.25, 0.3) is 0 Å². The molecular formula is C29H37N5O4. The van der Waals surface area contributed by atoms with Crippen LogP contribution in [0.3, 0.4) is 0 Å². The predicted molar refractivity (Wildman–Crippen MR) is 148 cm³/mol. The molecule has 0 atom stereocenters. The van der Waals surface area contributed by atoms with Gasteiger partial charge in [0.15, 0.2) is 11.5 Å². The SMILES string of the molecule is COc1cc2c(cc1OCC(C)C)CCn1c-2c/c(=N\c2c(C)cc(C)cc2C)n(CCNC(N)=O)c1=O. The van der Waals surface area contributed by atoms with Crippen molar-refractivity contribution in [3.8, 4) is 22.8 Å². The van der Waals surface area contributed by atoms with E-state index < -0.39 is 6.03 Å². The first-order valence-electron chi connectivity index (χ1n) is 12.9. The van der Waals surface area contributed by atoms with Crippen LogP contribution in [0.2, 0.25) is 0 Å². The van der Waals surface area contributed by atoms with Crippen molar-refractivity contribution in [1.82, 2.24) is 14.5 Å². The van der Waals surface area contributed by atoms with Gasteiger partial charge < -0.3 is 20.5 Å². The number of ether oxygens (including phenoxy) is 2. The normalized spacial score (nSPS) is 12.8. The van der Waals surface area contributed by atoms with Crippen LogP contribution in [0.15, 0.2) is 40.1 Å². The van der Waals surface area contributed by atoms with E-state index in [2.05, 4.69) is 31.3 Å². The number of aromatic nitrogens is 2. The van der Waals surface area contributed by atoms with Crippen LogP contribution >= 0.6 is 0 Å². The summed E-state index contributed by atoms with van der Waals surface area (Å²) in [6, 6.07) is 9.43. The molecule has 1 aliphatic rings. The first-order valence-corrected chi connectivity index (χ1v) is 12.9. The molecule has 202 valence electrons. The first kappa shape index (κ1) is 27.0. The van der Waals surface area contributed by atoms with Gasteiger partial charge in [-0.3, -0.25) is 9.13 Å². The molecule has 0 spiro atoms. The summed E-state index contributed by atoms with van der Waals surface area (Å²) in [5.41, 5.74) is 12.4. The molecule has 0 saturated carbocycles. The molecular weight excluding hydrogens is 482 g/mol. The monoisotopic (exact) mass is 519 g/mol. The van der Waals surface area contributed by atoms with Crippen molar-refractivity contribution in [2.24, 2.45) is 16.6 Å². The Balaban J connectivity index is 1.92. The molecule has 9 nitrogen and oxygen atoms in total. The number of hydrogen-bond donors (Lipinski definition) is 2. The highest BCUT2D eigenvalue weighted by Gasteiger charge is 2.23. The van der Waals surface area contributed by atoms with Gasteiger partial charge in [0, 0.05) is 31.3 Å². The highest BCUT2D eigenvalue weighted by atomic mass is 16.5. The number of carbonyl (C=O) groups excluding carboxylic acids is 1. The maximum absolute atomic E-state index is 13.8. The number of aryl methyl sites for hydroxylation is 4. The Kier molecular flexibility index (Phi) is 7.94.